The SMILES string of the molecule is Cc1ccc2c(c1)CCCN2CC(=O)N1CCc2ccccc21. The summed E-state index contributed by atoms with van der Waals surface area (Å²) in [4.78, 5) is 17.0. The molecule has 0 spiro atoms. The van der Waals surface area contributed by atoms with Crippen molar-refractivity contribution in [2.24, 2.45) is 0 Å². The van der Waals surface area contributed by atoms with E-state index in [0.717, 1.165) is 38.0 Å². The molecular weight excluding hydrogens is 284 g/mol. The Kier molecular flexibility index (Phi) is 3.56. The lowest BCUT2D eigenvalue weighted by Crippen LogP contribution is -2.41. The summed E-state index contributed by atoms with van der Waals surface area (Å²) in [6.07, 6.45) is 3.21. The third-order valence-corrected chi connectivity index (χ3v) is 4.96. The van der Waals surface area contributed by atoms with Crippen LogP contribution in [-0.2, 0) is 17.6 Å². The van der Waals surface area contributed by atoms with Crippen LogP contribution in [0.15, 0.2) is 42.5 Å². The number of rotatable bonds is 2. The van der Waals surface area contributed by atoms with Gasteiger partial charge in [0.2, 0.25) is 5.91 Å². The topological polar surface area (TPSA) is 23.6 Å². The molecule has 2 aliphatic heterocycles. The maximum atomic E-state index is 12.8. The highest BCUT2D eigenvalue weighted by Crippen LogP contribution is 2.30. The predicted molar refractivity (Wildman–Crippen MR) is 94.2 cm³/mol. The van der Waals surface area contributed by atoms with E-state index in [1.807, 2.05) is 11.0 Å². The smallest absolute Gasteiger partial charge is 0.246 e. The van der Waals surface area contributed by atoms with E-state index in [9.17, 15) is 4.79 Å². The van der Waals surface area contributed by atoms with E-state index in [-0.39, 0.29) is 5.91 Å². The molecule has 3 nitrogen and oxygen atoms in total. The minimum atomic E-state index is 0.211. The molecule has 0 unspecified atom stereocenters. The molecule has 0 bridgehead atoms. The summed E-state index contributed by atoms with van der Waals surface area (Å²) in [6, 6.07) is 14.8. The van der Waals surface area contributed by atoms with E-state index in [1.165, 1.54) is 22.4 Å². The lowest BCUT2D eigenvalue weighted by atomic mass is 9.99. The summed E-state index contributed by atoms with van der Waals surface area (Å²) >= 11 is 0. The van der Waals surface area contributed by atoms with Crippen molar-refractivity contribution in [1.82, 2.24) is 0 Å². The van der Waals surface area contributed by atoms with E-state index < -0.39 is 0 Å². The lowest BCUT2D eigenvalue weighted by Gasteiger charge is -2.32. The van der Waals surface area contributed by atoms with Crippen LogP contribution in [0.3, 0.4) is 0 Å². The standard InChI is InChI=1S/C20H22N2O/c1-15-8-9-18-17(13-15)6-4-11-21(18)14-20(23)22-12-10-16-5-2-3-7-19(16)22/h2-3,5,7-9,13H,4,6,10-12,14H2,1H3. The van der Waals surface area contributed by atoms with Gasteiger partial charge in [-0.2, -0.15) is 0 Å². The maximum absolute atomic E-state index is 12.8. The first kappa shape index (κ1) is 14.3. The Labute approximate surface area is 137 Å². The van der Waals surface area contributed by atoms with Gasteiger partial charge in [-0.15, -0.1) is 0 Å². The van der Waals surface area contributed by atoms with Gasteiger partial charge in [-0.25, -0.2) is 0 Å². The van der Waals surface area contributed by atoms with E-state index in [1.54, 1.807) is 0 Å². The molecule has 0 saturated heterocycles. The molecule has 0 radical (unpaired) electrons. The van der Waals surface area contributed by atoms with Crippen LogP contribution in [0.2, 0.25) is 0 Å². The van der Waals surface area contributed by atoms with Gasteiger partial charge in [-0.05, 0) is 49.4 Å². The molecule has 4 rings (SSSR count). The van der Waals surface area contributed by atoms with Gasteiger partial charge in [-0.3, -0.25) is 4.79 Å². The van der Waals surface area contributed by atoms with Crippen LogP contribution >= 0.6 is 0 Å². The summed E-state index contributed by atoms with van der Waals surface area (Å²) in [5, 5.41) is 0. The van der Waals surface area contributed by atoms with Crippen molar-refractivity contribution in [2.45, 2.75) is 26.2 Å². The minimum Gasteiger partial charge on any atom is -0.362 e. The number of anilines is 2. The number of hydrogen-bond acceptors (Lipinski definition) is 2. The Morgan fingerprint density at radius 3 is 2.78 bits per heavy atom. The number of para-hydroxylation sites is 1. The minimum absolute atomic E-state index is 0.211. The number of nitrogens with zero attached hydrogens (tertiary/aromatic N) is 2. The quantitative estimate of drug-likeness (QED) is 0.849. The highest BCUT2D eigenvalue weighted by molar-refractivity contribution is 5.98. The molecule has 0 N–H and O–H groups in total. The largest absolute Gasteiger partial charge is 0.362 e. The van der Waals surface area contributed by atoms with Crippen LogP contribution < -0.4 is 9.80 Å². The van der Waals surface area contributed by atoms with Gasteiger partial charge in [0.1, 0.15) is 0 Å². The highest BCUT2D eigenvalue weighted by atomic mass is 16.2. The highest BCUT2D eigenvalue weighted by Gasteiger charge is 2.27. The number of amides is 1. The zero-order valence-electron chi connectivity index (χ0n) is 13.6. The Balaban J connectivity index is 1.55. The van der Waals surface area contributed by atoms with Crippen LogP contribution in [0.25, 0.3) is 0 Å². The first-order chi connectivity index (χ1) is 11.2. The number of aryl methyl sites for hydroxylation is 2. The molecular formula is C20H22N2O. The van der Waals surface area contributed by atoms with E-state index >= 15 is 0 Å². The Bertz CT molecular complexity index is 753. The fraction of sp³-hybridized carbons (Fsp3) is 0.350. The van der Waals surface area contributed by atoms with Crippen molar-refractivity contribution in [3.05, 3.63) is 59.2 Å². The monoisotopic (exact) mass is 306 g/mol. The number of carbonyl (C=O) groups is 1. The van der Waals surface area contributed by atoms with Crippen molar-refractivity contribution >= 4 is 17.3 Å². The molecule has 2 aliphatic rings. The average Bonchev–Trinajstić information content (AvgIpc) is 2.99. The second kappa shape index (κ2) is 5.73. The fourth-order valence-corrected chi connectivity index (χ4v) is 3.81. The first-order valence-electron chi connectivity index (χ1n) is 8.45. The third kappa shape index (κ3) is 2.61. The maximum Gasteiger partial charge on any atom is 0.246 e. The van der Waals surface area contributed by atoms with Gasteiger partial charge < -0.3 is 9.80 Å². The molecule has 1 amide bonds. The summed E-state index contributed by atoms with van der Waals surface area (Å²) in [5.74, 6) is 0.211. The zero-order chi connectivity index (χ0) is 15.8. The van der Waals surface area contributed by atoms with Crippen LogP contribution in [0.1, 0.15) is 23.1 Å². The van der Waals surface area contributed by atoms with Gasteiger partial charge in [0, 0.05) is 24.5 Å². The summed E-state index contributed by atoms with van der Waals surface area (Å²) in [6.45, 7) is 4.39. The van der Waals surface area contributed by atoms with Crippen molar-refractivity contribution in [3.8, 4) is 0 Å². The zero-order valence-corrected chi connectivity index (χ0v) is 13.6. The normalized spacial score (nSPS) is 16.2. The first-order valence-corrected chi connectivity index (χ1v) is 8.45. The molecule has 0 saturated carbocycles. The van der Waals surface area contributed by atoms with Crippen LogP contribution in [0.4, 0.5) is 11.4 Å². The Hall–Kier alpha value is -2.29. The summed E-state index contributed by atoms with van der Waals surface area (Å²) < 4.78 is 0. The average molecular weight is 306 g/mol. The molecule has 2 aromatic carbocycles. The van der Waals surface area contributed by atoms with Crippen LogP contribution in [0.5, 0.6) is 0 Å². The van der Waals surface area contributed by atoms with Gasteiger partial charge in [-0.1, -0.05) is 35.9 Å². The van der Waals surface area contributed by atoms with E-state index in [0.29, 0.717) is 6.54 Å². The molecule has 23 heavy (non-hydrogen) atoms. The van der Waals surface area contributed by atoms with Crippen molar-refractivity contribution in [1.29, 1.82) is 0 Å². The predicted octanol–water partition coefficient (Wildman–Crippen LogP) is 3.34. The molecule has 0 fully saturated rings. The van der Waals surface area contributed by atoms with Crippen LogP contribution in [0, 0.1) is 6.92 Å². The molecule has 3 heteroatoms. The molecule has 2 heterocycles. The van der Waals surface area contributed by atoms with Crippen molar-refractivity contribution in [3.63, 3.8) is 0 Å². The fourth-order valence-electron chi connectivity index (χ4n) is 3.81. The molecule has 2 aromatic rings. The molecule has 0 aromatic heterocycles. The molecule has 0 atom stereocenters. The van der Waals surface area contributed by atoms with Gasteiger partial charge in [0.15, 0.2) is 0 Å². The number of benzene rings is 2. The van der Waals surface area contributed by atoms with Gasteiger partial charge in [0.05, 0.1) is 6.54 Å². The number of carbonyl (C=O) groups excluding carboxylic acids is 1. The van der Waals surface area contributed by atoms with Crippen LogP contribution in [-0.4, -0.2) is 25.5 Å². The molecule has 0 aliphatic carbocycles. The van der Waals surface area contributed by atoms with E-state index in [4.69, 9.17) is 0 Å². The Morgan fingerprint density at radius 1 is 1.00 bits per heavy atom. The number of fused-ring (bicyclic) bond motifs is 2. The summed E-state index contributed by atoms with van der Waals surface area (Å²) in [7, 11) is 0. The van der Waals surface area contributed by atoms with E-state index in [2.05, 4.69) is 48.2 Å². The molecule has 118 valence electrons. The van der Waals surface area contributed by atoms with Gasteiger partial charge >= 0.3 is 0 Å². The summed E-state index contributed by atoms with van der Waals surface area (Å²) in [5.41, 5.74) is 6.30. The second-order valence-electron chi connectivity index (χ2n) is 6.58. The van der Waals surface area contributed by atoms with Crippen molar-refractivity contribution < 1.29 is 4.79 Å². The second-order valence-corrected chi connectivity index (χ2v) is 6.58. The number of hydrogen-bond donors (Lipinski definition) is 0. The Morgan fingerprint density at radius 2 is 1.87 bits per heavy atom. The van der Waals surface area contributed by atoms with Crippen molar-refractivity contribution in [2.75, 3.05) is 29.4 Å². The van der Waals surface area contributed by atoms with Gasteiger partial charge in [0.25, 0.3) is 0 Å². The third-order valence-electron chi connectivity index (χ3n) is 4.96. The lowest BCUT2D eigenvalue weighted by molar-refractivity contribution is -0.117.